The molecule has 0 aliphatic carbocycles. The number of hydrogen-bond acceptors (Lipinski definition) is 3. The average molecular weight is 231 g/mol. The van der Waals surface area contributed by atoms with Crippen LogP contribution in [0.3, 0.4) is 0 Å². The molecule has 2 atom stereocenters. The molecule has 0 bridgehead atoms. The molecular formula is C13H13NO3. The van der Waals surface area contributed by atoms with Gasteiger partial charge in [0.15, 0.2) is 0 Å². The van der Waals surface area contributed by atoms with Crippen LogP contribution < -0.4 is 0 Å². The van der Waals surface area contributed by atoms with E-state index < -0.39 is 12.1 Å². The van der Waals surface area contributed by atoms with Gasteiger partial charge in [0.25, 0.3) is 11.8 Å². The maximum absolute atomic E-state index is 11.5. The smallest absolute Gasteiger partial charge is 0.253 e. The van der Waals surface area contributed by atoms with Crippen LogP contribution in [0, 0.1) is 0 Å². The summed E-state index contributed by atoms with van der Waals surface area (Å²) < 4.78 is 0. The zero-order chi connectivity index (χ0) is 12.4. The average Bonchev–Trinajstić information content (AvgIpc) is 2.68. The Morgan fingerprint density at radius 1 is 1.06 bits per heavy atom. The number of amides is 2. The van der Waals surface area contributed by atoms with E-state index in [2.05, 4.69) is 0 Å². The Morgan fingerprint density at radius 2 is 1.59 bits per heavy atom. The number of benzene rings is 1. The lowest BCUT2D eigenvalue weighted by atomic mass is 10.0. The molecule has 1 aliphatic rings. The van der Waals surface area contributed by atoms with E-state index >= 15 is 0 Å². The predicted octanol–water partition coefficient (Wildman–Crippen LogP) is 1.03. The first-order valence-corrected chi connectivity index (χ1v) is 5.39. The van der Waals surface area contributed by atoms with E-state index in [0.717, 1.165) is 4.90 Å². The van der Waals surface area contributed by atoms with Crippen molar-refractivity contribution in [3.05, 3.63) is 48.0 Å². The maximum atomic E-state index is 11.5. The van der Waals surface area contributed by atoms with Crippen LogP contribution in [0.25, 0.3) is 0 Å². The van der Waals surface area contributed by atoms with Crippen LogP contribution in [0.1, 0.15) is 18.6 Å². The second kappa shape index (κ2) is 4.51. The van der Waals surface area contributed by atoms with Gasteiger partial charge in [-0.25, -0.2) is 0 Å². The number of carbonyl (C=O) groups excluding carboxylic acids is 2. The van der Waals surface area contributed by atoms with Gasteiger partial charge >= 0.3 is 0 Å². The Bertz CT molecular complexity index is 449. The minimum Gasteiger partial charge on any atom is -0.386 e. The largest absolute Gasteiger partial charge is 0.386 e. The van der Waals surface area contributed by atoms with Gasteiger partial charge in [-0.1, -0.05) is 30.3 Å². The minimum atomic E-state index is -0.871. The molecule has 1 heterocycles. The molecule has 0 saturated carbocycles. The molecule has 0 saturated heterocycles. The Balaban J connectivity index is 2.18. The van der Waals surface area contributed by atoms with Gasteiger partial charge in [-0.2, -0.15) is 0 Å². The van der Waals surface area contributed by atoms with E-state index in [0.29, 0.717) is 5.56 Å². The van der Waals surface area contributed by atoms with Crippen LogP contribution >= 0.6 is 0 Å². The molecular weight excluding hydrogens is 218 g/mol. The molecule has 1 aliphatic heterocycles. The Kier molecular flexibility index (Phi) is 3.06. The lowest BCUT2D eigenvalue weighted by molar-refractivity contribution is -0.141. The third-order valence-electron chi connectivity index (χ3n) is 2.85. The molecule has 2 rings (SSSR count). The molecule has 1 aromatic carbocycles. The maximum Gasteiger partial charge on any atom is 0.253 e. The summed E-state index contributed by atoms with van der Waals surface area (Å²) in [7, 11) is 0. The third kappa shape index (κ3) is 2.12. The number of carbonyl (C=O) groups is 2. The van der Waals surface area contributed by atoms with E-state index in [-0.39, 0.29) is 11.8 Å². The zero-order valence-corrected chi connectivity index (χ0v) is 9.41. The quantitative estimate of drug-likeness (QED) is 0.790. The SMILES string of the molecule is C[C@@H]([C@H](O)c1ccccc1)N1C(=O)C=CC1=O. The third-order valence-corrected chi connectivity index (χ3v) is 2.85. The molecule has 0 fully saturated rings. The molecule has 4 nitrogen and oxygen atoms in total. The van der Waals surface area contributed by atoms with Gasteiger partial charge in [0.1, 0.15) is 0 Å². The van der Waals surface area contributed by atoms with Crippen molar-refractivity contribution in [2.24, 2.45) is 0 Å². The van der Waals surface area contributed by atoms with Gasteiger partial charge in [-0.3, -0.25) is 14.5 Å². The van der Waals surface area contributed by atoms with Crippen LogP contribution in [0.2, 0.25) is 0 Å². The summed E-state index contributed by atoms with van der Waals surface area (Å²) in [5.74, 6) is -0.755. The fourth-order valence-electron chi connectivity index (χ4n) is 1.88. The number of imide groups is 1. The fourth-order valence-corrected chi connectivity index (χ4v) is 1.88. The minimum absolute atomic E-state index is 0.377. The summed E-state index contributed by atoms with van der Waals surface area (Å²) >= 11 is 0. The standard InChI is InChI=1S/C13H13NO3/c1-9(14-11(15)7-8-12(14)16)13(17)10-5-3-2-4-6-10/h2-9,13,17H,1H3/t9-,13-/m0/s1. The second-order valence-corrected chi connectivity index (χ2v) is 3.98. The number of hydrogen-bond donors (Lipinski definition) is 1. The van der Waals surface area contributed by atoms with Gasteiger partial charge in [-0.05, 0) is 12.5 Å². The molecule has 1 N–H and O–H groups in total. The number of aliphatic hydroxyl groups is 1. The highest BCUT2D eigenvalue weighted by atomic mass is 16.3. The number of aliphatic hydroxyl groups excluding tert-OH is 1. The van der Waals surface area contributed by atoms with Crippen molar-refractivity contribution >= 4 is 11.8 Å². The molecule has 0 unspecified atom stereocenters. The van der Waals surface area contributed by atoms with Gasteiger partial charge in [-0.15, -0.1) is 0 Å². The zero-order valence-electron chi connectivity index (χ0n) is 9.41. The van der Waals surface area contributed by atoms with Crippen molar-refractivity contribution < 1.29 is 14.7 Å². The Labute approximate surface area is 99.2 Å². The highest BCUT2D eigenvalue weighted by Crippen LogP contribution is 2.22. The summed E-state index contributed by atoms with van der Waals surface area (Å²) in [6.45, 7) is 1.65. The first-order valence-electron chi connectivity index (χ1n) is 5.39. The van der Waals surface area contributed by atoms with Crippen molar-refractivity contribution in [1.29, 1.82) is 0 Å². The van der Waals surface area contributed by atoms with Crippen molar-refractivity contribution in [1.82, 2.24) is 4.90 Å². The van der Waals surface area contributed by atoms with E-state index in [1.165, 1.54) is 12.2 Å². The first-order chi connectivity index (χ1) is 8.11. The van der Waals surface area contributed by atoms with Crippen LogP contribution in [0.15, 0.2) is 42.5 Å². The summed E-state index contributed by atoms with van der Waals surface area (Å²) in [5, 5.41) is 10.1. The van der Waals surface area contributed by atoms with E-state index in [9.17, 15) is 14.7 Å². The predicted molar refractivity (Wildman–Crippen MR) is 61.9 cm³/mol. The van der Waals surface area contributed by atoms with Crippen molar-refractivity contribution in [3.63, 3.8) is 0 Å². The molecule has 1 aromatic rings. The van der Waals surface area contributed by atoms with Crippen LogP contribution in [0.4, 0.5) is 0 Å². The van der Waals surface area contributed by atoms with Crippen molar-refractivity contribution in [2.45, 2.75) is 19.1 Å². The highest BCUT2D eigenvalue weighted by molar-refractivity contribution is 6.13. The van der Waals surface area contributed by atoms with Crippen molar-refractivity contribution in [3.8, 4) is 0 Å². The Morgan fingerprint density at radius 3 is 2.12 bits per heavy atom. The highest BCUT2D eigenvalue weighted by Gasteiger charge is 2.32. The number of rotatable bonds is 3. The van der Waals surface area contributed by atoms with Gasteiger partial charge in [0, 0.05) is 12.2 Å². The molecule has 0 spiro atoms. The summed E-state index contributed by atoms with van der Waals surface area (Å²) in [4.78, 5) is 24.0. The van der Waals surface area contributed by atoms with Crippen LogP contribution in [-0.4, -0.2) is 27.9 Å². The first kappa shape index (κ1) is 11.5. The molecule has 88 valence electrons. The molecule has 0 aromatic heterocycles. The van der Waals surface area contributed by atoms with Gasteiger partial charge < -0.3 is 5.11 Å². The number of nitrogens with zero attached hydrogens (tertiary/aromatic N) is 1. The van der Waals surface area contributed by atoms with Crippen molar-refractivity contribution in [2.75, 3.05) is 0 Å². The van der Waals surface area contributed by atoms with E-state index in [1.54, 1.807) is 31.2 Å². The summed E-state index contributed by atoms with van der Waals surface area (Å²) in [5.41, 5.74) is 0.688. The summed E-state index contributed by atoms with van der Waals surface area (Å²) in [6.07, 6.45) is 1.57. The monoisotopic (exact) mass is 231 g/mol. The second-order valence-electron chi connectivity index (χ2n) is 3.98. The fraction of sp³-hybridized carbons (Fsp3) is 0.231. The molecule has 17 heavy (non-hydrogen) atoms. The molecule has 4 heteroatoms. The summed E-state index contributed by atoms with van der Waals surface area (Å²) in [6, 6.07) is 8.40. The normalized spacial score (nSPS) is 18.6. The lowest BCUT2D eigenvalue weighted by Gasteiger charge is -2.27. The lowest BCUT2D eigenvalue weighted by Crippen LogP contribution is -2.41. The van der Waals surface area contributed by atoms with Gasteiger partial charge in [0.05, 0.1) is 12.1 Å². The molecule has 0 radical (unpaired) electrons. The molecule has 2 amide bonds. The van der Waals surface area contributed by atoms with Crippen LogP contribution in [0.5, 0.6) is 0 Å². The van der Waals surface area contributed by atoms with Gasteiger partial charge in [0.2, 0.25) is 0 Å². The topological polar surface area (TPSA) is 57.6 Å². The van der Waals surface area contributed by atoms with E-state index in [1.807, 2.05) is 6.07 Å². The van der Waals surface area contributed by atoms with E-state index in [4.69, 9.17) is 0 Å². The van der Waals surface area contributed by atoms with Crippen LogP contribution in [-0.2, 0) is 9.59 Å². The Hall–Kier alpha value is -1.94.